The first-order chi connectivity index (χ1) is 8.49. The Morgan fingerprint density at radius 2 is 2.06 bits per heavy atom. The van der Waals surface area contributed by atoms with Crippen molar-refractivity contribution in [3.8, 4) is 0 Å². The lowest BCUT2D eigenvalue weighted by atomic mass is 10.2. The lowest BCUT2D eigenvalue weighted by molar-refractivity contribution is 0.561. The van der Waals surface area contributed by atoms with E-state index in [2.05, 4.69) is 0 Å². The Morgan fingerprint density at radius 1 is 1.33 bits per heavy atom. The van der Waals surface area contributed by atoms with Crippen LogP contribution in [0.15, 0.2) is 35.4 Å². The molecule has 0 fully saturated rings. The summed E-state index contributed by atoms with van der Waals surface area (Å²) in [5, 5.41) is 0.533. The number of nitrogens with zero attached hydrogens (tertiary/aromatic N) is 2. The molecule has 2 N–H and O–H groups in total. The summed E-state index contributed by atoms with van der Waals surface area (Å²) in [5.41, 5.74) is 7.22. The third kappa shape index (κ3) is 2.43. The van der Waals surface area contributed by atoms with Gasteiger partial charge in [-0.25, -0.2) is 4.79 Å². The van der Waals surface area contributed by atoms with Gasteiger partial charge in [0.15, 0.2) is 0 Å². The standard InChI is InChI=1S/C13H16ClN3O/c1-9(2)17-6-5-16(13(17)18)8-10-3-4-11(14)12(15)7-10/h3-7,9H,8,15H2,1-2H3. The van der Waals surface area contributed by atoms with Crippen molar-refractivity contribution >= 4 is 17.3 Å². The third-order valence-electron chi connectivity index (χ3n) is 2.84. The number of halogens is 1. The molecule has 1 aromatic carbocycles. The van der Waals surface area contributed by atoms with Crippen molar-refractivity contribution in [1.82, 2.24) is 9.13 Å². The highest BCUT2D eigenvalue weighted by Crippen LogP contribution is 2.19. The van der Waals surface area contributed by atoms with E-state index in [4.69, 9.17) is 17.3 Å². The molecule has 2 rings (SSSR count). The maximum atomic E-state index is 12.0. The fourth-order valence-corrected chi connectivity index (χ4v) is 1.95. The minimum Gasteiger partial charge on any atom is -0.398 e. The van der Waals surface area contributed by atoms with Gasteiger partial charge in [0.25, 0.3) is 0 Å². The van der Waals surface area contributed by atoms with Crippen molar-refractivity contribution in [3.63, 3.8) is 0 Å². The van der Waals surface area contributed by atoms with Gasteiger partial charge in [0.05, 0.1) is 17.3 Å². The summed E-state index contributed by atoms with van der Waals surface area (Å²) in [5.74, 6) is 0. The highest BCUT2D eigenvalue weighted by molar-refractivity contribution is 6.33. The summed E-state index contributed by atoms with van der Waals surface area (Å²) in [6.07, 6.45) is 3.58. The van der Waals surface area contributed by atoms with E-state index in [1.807, 2.05) is 19.9 Å². The topological polar surface area (TPSA) is 52.9 Å². The van der Waals surface area contributed by atoms with Gasteiger partial charge in [-0.15, -0.1) is 0 Å². The van der Waals surface area contributed by atoms with Crippen molar-refractivity contribution in [2.45, 2.75) is 26.4 Å². The van der Waals surface area contributed by atoms with Gasteiger partial charge < -0.3 is 5.73 Å². The van der Waals surface area contributed by atoms with Crippen LogP contribution in [0.3, 0.4) is 0 Å². The number of hydrogen-bond acceptors (Lipinski definition) is 2. The summed E-state index contributed by atoms with van der Waals surface area (Å²) < 4.78 is 3.35. The molecule has 5 heteroatoms. The fraction of sp³-hybridized carbons (Fsp3) is 0.308. The Balaban J connectivity index is 2.29. The van der Waals surface area contributed by atoms with Crippen LogP contribution >= 0.6 is 11.6 Å². The minimum absolute atomic E-state index is 0.0153. The molecule has 1 heterocycles. The number of anilines is 1. The lowest BCUT2D eigenvalue weighted by Gasteiger charge is -2.06. The largest absolute Gasteiger partial charge is 0.398 e. The van der Waals surface area contributed by atoms with E-state index in [0.29, 0.717) is 17.3 Å². The number of nitrogens with two attached hydrogens (primary N) is 1. The maximum Gasteiger partial charge on any atom is 0.328 e. The van der Waals surface area contributed by atoms with E-state index in [0.717, 1.165) is 5.56 Å². The van der Waals surface area contributed by atoms with Crippen LogP contribution < -0.4 is 11.4 Å². The van der Waals surface area contributed by atoms with E-state index < -0.39 is 0 Å². The zero-order valence-electron chi connectivity index (χ0n) is 10.4. The molecular weight excluding hydrogens is 250 g/mol. The molecule has 4 nitrogen and oxygen atoms in total. The van der Waals surface area contributed by atoms with Crippen molar-refractivity contribution in [1.29, 1.82) is 0 Å². The molecule has 0 radical (unpaired) electrons. The van der Waals surface area contributed by atoms with Crippen LogP contribution in [-0.4, -0.2) is 9.13 Å². The molecule has 96 valence electrons. The summed E-state index contributed by atoms with van der Waals surface area (Å²) >= 11 is 5.86. The maximum absolute atomic E-state index is 12.0. The Kier molecular flexibility index (Phi) is 3.48. The van der Waals surface area contributed by atoms with Gasteiger partial charge in [-0.05, 0) is 31.5 Å². The summed E-state index contributed by atoms with van der Waals surface area (Å²) in [7, 11) is 0. The highest BCUT2D eigenvalue weighted by Gasteiger charge is 2.07. The second kappa shape index (κ2) is 4.90. The molecule has 18 heavy (non-hydrogen) atoms. The number of aromatic nitrogens is 2. The Hall–Kier alpha value is -1.68. The Morgan fingerprint density at radius 3 is 2.61 bits per heavy atom. The molecule has 0 atom stereocenters. The van der Waals surface area contributed by atoms with Crippen molar-refractivity contribution in [2.24, 2.45) is 0 Å². The first-order valence-corrected chi connectivity index (χ1v) is 6.18. The van der Waals surface area contributed by atoms with Crippen LogP contribution in [0.5, 0.6) is 0 Å². The van der Waals surface area contributed by atoms with Gasteiger partial charge in [0.2, 0.25) is 0 Å². The van der Waals surface area contributed by atoms with Crippen molar-refractivity contribution in [2.75, 3.05) is 5.73 Å². The second-order valence-corrected chi connectivity index (χ2v) is 4.97. The molecule has 1 aromatic heterocycles. The highest BCUT2D eigenvalue weighted by atomic mass is 35.5. The van der Waals surface area contributed by atoms with Gasteiger partial charge in [-0.3, -0.25) is 9.13 Å². The van der Waals surface area contributed by atoms with E-state index in [1.54, 1.807) is 33.7 Å². The lowest BCUT2D eigenvalue weighted by Crippen LogP contribution is -2.25. The molecule has 0 saturated carbocycles. The van der Waals surface area contributed by atoms with E-state index in [1.165, 1.54) is 0 Å². The van der Waals surface area contributed by atoms with E-state index in [9.17, 15) is 4.79 Å². The Labute approximate surface area is 111 Å². The van der Waals surface area contributed by atoms with Crippen LogP contribution in [0.4, 0.5) is 5.69 Å². The number of hydrogen-bond donors (Lipinski definition) is 1. The molecule has 2 aromatic rings. The summed E-state index contributed by atoms with van der Waals surface area (Å²) in [6, 6.07) is 5.57. The molecule has 0 amide bonds. The first-order valence-electron chi connectivity index (χ1n) is 5.80. The van der Waals surface area contributed by atoms with Crippen LogP contribution in [0.1, 0.15) is 25.5 Å². The molecule has 0 aliphatic rings. The van der Waals surface area contributed by atoms with Gasteiger partial charge in [0, 0.05) is 18.4 Å². The van der Waals surface area contributed by atoms with Gasteiger partial charge in [0.1, 0.15) is 0 Å². The molecule has 0 spiro atoms. The van der Waals surface area contributed by atoms with Crippen LogP contribution in [0.25, 0.3) is 0 Å². The summed E-state index contributed by atoms with van der Waals surface area (Å²) in [4.78, 5) is 12.0. The predicted molar refractivity (Wildman–Crippen MR) is 74.0 cm³/mol. The average Bonchev–Trinajstić information content (AvgIpc) is 2.66. The quantitative estimate of drug-likeness (QED) is 0.867. The molecule has 0 bridgehead atoms. The smallest absolute Gasteiger partial charge is 0.328 e. The molecular formula is C13H16ClN3O. The number of rotatable bonds is 3. The van der Waals surface area contributed by atoms with Gasteiger partial charge >= 0.3 is 5.69 Å². The van der Waals surface area contributed by atoms with Crippen LogP contribution in [0.2, 0.25) is 5.02 Å². The summed E-state index contributed by atoms with van der Waals surface area (Å²) in [6.45, 7) is 4.46. The third-order valence-corrected chi connectivity index (χ3v) is 3.19. The second-order valence-electron chi connectivity index (χ2n) is 4.57. The van der Waals surface area contributed by atoms with Gasteiger partial charge in [-0.2, -0.15) is 0 Å². The molecule has 0 saturated heterocycles. The van der Waals surface area contributed by atoms with Crippen LogP contribution in [0, 0.1) is 0 Å². The van der Waals surface area contributed by atoms with Crippen molar-refractivity contribution < 1.29 is 0 Å². The average molecular weight is 266 g/mol. The zero-order chi connectivity index (χ0) is 13.3. The molecule has 0 unspecified atom stereocenters. The zero-order valence-corrected chi connectivity index (χ0v) is 11.2. The van der Waals surface area contributed by atoms with Crippen molar-refractivity contribution in [3.05, 3.63) is 51.7 Å². The van der Waals surface area contributed by atoms with E-state index >= 15 is 0 Å². The first kappa shape index (κ1) is 12.8. The normalized spacial score (nSPS) is 11.1. The molecule has 0 aliphatic heterocycles. The van der Waals surface area contributed by atoms with E-state index in [-0.39, 0.29) is 11.7 Å². The Bertz CT molecular complexity index is 613. The number of benzene rings is 1. The molecule has 0 aliphatic carbocycles. The monoisotopic (exact) mass is 265 g/mol. The number of imidazole rings is 1. The SMILES string of the molecule is CC(C)n1ccn(Cc2ccc(Cl)c(N)c2)c1=O. The fourth-order valence-electron chi connectivity index (χ4n) is 1.83. The van der Waals surface area contributed by atoms with Crippen LogP contribution in [-0.2, 0) is 6.54 Å². The predicted octanol–water partition coefficient (Wildman–Crippen LogP) is 2.51. The minimum atomic E-state index is -0.0153. The number of nitrogen functional groups attached to an aromatic ring is 1. The van der Waals surface area contributed by atoms with Gasteiger partial charge in [-0.1, -0.05) is 17.7 Å².